The van der Waals surface area contributed by atoms with Gasteiger partial charge < -0.3 is 14.2 Å². The molecule has 5 rings (SSSR count). The van der Waals surface area contributed by atoms with Crippen molar-refractivity contribution in [1.29, 1.82) is 0 Å². The fraction of sp³-hybridized carbons (Fsp3) is 0.231. The minimum atomic E-state index is -1.03. The molecule has 3 heterocycles. The van der Waals surface area contributed by atoms with Crippen LogP contribution >= 0.6 is 11.6 Å². The third kappa shape index (κ3) is 4.02. The van der Waals surface area contributed by atoms with Crippen molar-refractivity contribution >= 4 is 17.5 Å². The zero-order valence-corrected chi connectivity index (χ0v) is 19.6. The van der Waals surface area contributed by atoms with Gasteiger partial charge in [-0.05, 0) is 74.9 Å². The van der Waals surface area contributed by atoms with Gasteiger partial charge in [0, 0.05) is 23.0 Å². The fourth-order valence-electron chi connectivity index (χ4n) is 4.25. The van der Waals surface area contributed by atoms with Gasteiger partial charge in [-0.25, -0.2) is 4.68 Å². The Morgan fingerprint density at radius 2 is 1.76 bits per heavy atom. The van der Waals surface area contributed by atoms with Crippen LogP contribution in [0.1, 0.15) is 30.7 Å². The van der Waals surface area contributed by atoms with Gasteiger partial charge in [0.15, 0.2) is 5.60 Å². The Morgan fingerprint density at radius 3 is 2.45 bits per heavy atom. The summed E-state index contributed by atoms with van der Waals surface area (Å²) in [6.07, 6.45) is 4.00. The van der Waals surface area contributed by atoms with E-state index >= 15 is 0 Å². The Hall–Kier alpha value is -3.51. The number of fused-ring (bicyclic) bond motifs is 1. The van der Waals surface area contributed by atoms with Crippen LogP contribution in [0.15, 0.2) is 73.1 Å². The molecule has 0 saturated heterocycles. The molecule has 0 spiro atoms. The second kappa shape index (κ2) is 8.12. The van der Waals surface area contributed by atoms with Crippen molar-refractivity contribution in [2.24, 2.45) is 0 Å². The van der Waals surface area contributed by atoms with Crippen molar-refractivity contribution in [3.05, 3.63) is 94.9 Å². The van der Waals surface area contributed by atoms with E-state index in [1.54, 1.807) is 43.0 Å². The molecule has 4 aromatic rings. The zero-order valence-electron chi connectivity index (χ0n) is 18.8. The summed E-state index contributed by atoms with van der Waals surface area (Å²) >= 11 is 5.97. The average molecular weight is 461 g/mol. The largest absolute Gasteiger partial charge is 0.478 e. The first-order valence-corrected chi connectivity index (χ1v) is 11.2. The van der Waals surface area contributed by atoms with Crippen molar-refractivity contribution in [1.82, 2.24) is 19.2 Å². The van der Waals surface area contributed by atoms with E-state index in [1.807, 2.05) is 41.3 Å². The van der Waals surface area contributed by atoms with E-state index < -0.39 is 5.60 Å². The maximum atomic E-state index is 13.4. The normalized spacial score (nSPS) is 13.3. The summed E-state index contributed by atoms with van der Waals surface area (Å²) in [5.41, 5.74) is 3.08. The molecule has 1 aliphatic heterocycles. The van der Waals surface area contributed by atoms with Crippen LogP contribution in [0.4, 0.5) is 0 Å². The van der Waals surface area contributed by atoms with Crippen LogP contribution in [0, 0.1) is 6.92 Å². The highest BCUT2D eigenvalue weighted by Crippen LogP contribution is 2.33. The van der Waals surface area contributed by atoms with Gasteiger partial charge in [-0.3, -0.25) is 4.79 Å². The van der Waals surface area contributed by atoms with Gasteiger partial charge in [-0.1, -0.05) is 23.7 Å². The van der Waals surface area contributed by atoms with Crippen molar-refractivity contribution in [3.63, 3.8) is 0 Å². The standard InChI is InChI=1S/C26H25ClN4O2/c1-18-7-6-8-20(15-18)31-24(29-13-4-5-14-29)22-16-30(17-23(22)28-31)25(32)26(2,3)33-21-11-9-19(27)10-12-21/h4-15H,16-17H2,1-3H3. The smallest absolute Gasteiger partial charge is 0.266 e. The molecule has 6 nitrogen and oxygen atoms in total. The topological polar surface area (TPSA) is 52.3 Å². The first kappa shape index (κ1) is 21.3. The molecule has 0 N–H and O–H groups in total. The molecule has 1 amide bonds. The monoisotopic (exact) mass is 460 g/mol. The molecule has 0 unspecified atom stereocenters. The molecule has 0 radical (unpaired) electrons. The molecule has 168 valence electrons. The quantitative estimate of drug-likeness (QED) is 0.404. The number of amides is 1. The lowest BCUT2D eigenvalue weighted by atomic mass is 10.1. The predicted octanol–water partition coefficient (Wildman–Crippen LogP) is 5.32. The molecular weight excluding hydrogens is 436 g/mol. The zero-order chi connectivity index (χ0) is 23.2. The number of benzene rings is 2. The second-order valence-corrected chi connectivity index (χ2v) is 9.25. The van der Waals surface area contributed by atoms with E-state index in [1.165, 1.54) is 5.56 Å². The third-order valence-corrected chi connectivity index (χ3v) is 6.07. The number of nitrogens with zero attached hydrogens (tertiary/aromatic N) is 4. The average Bonchev–Trinajstić information content (AvgIpc) is 3.50. The van der Waals surface area contributed by atoms with Crippen LogP contribution in [0.5, 0.6) is 5.75 Å². The molecule has 2 aromatic heterocycles. The number of aromatic nitrogens is 3. The molecule has 0 bridgehead atoms. The number of hydrogen-bond acceptors (Lipinski definition) is 3. The summed E-state index contributed by atoms with van der Waals surface area (Å²) in [6.45, 7) is 6.56. The summed E-state index contributed by atoms with van der Waals surface area (Å²) in [6, 6.07) is 19.3. The van der Waals surface area contributed by atoms with Crippen LogP contribution in [-0.2, 0) is 17.9 Å². The number of carbonyl (C=O) groups is 1. The van der Waals surface area contributed by atoms with Crippen LogP contribution in [0.3, 0.4) is 0 Å². The summed E-state index contributed by atoms with van der Waals surface area (Å²) in [7, 11) is 0. The molecule has 1 aliphatic rings. The number of rotatable bonds is 5. The van der Waals surface area contributed by atoms with Gasteiger partial charge in [-0.2, -0.15) is 5.10 Å². The fourth-order valence-corrected chi connectivity index (χ4v) is 4.37. The van der Waals surface area contributed by atoms with E-state index in [-0.39, 0.29) is 5.91 Å². The van der Waals surface area contributed by atoms with E-state index in [0.717, 1.165) is 22.8 Å². The van der Waals surface area contributed by atoms with Crippen LogP contribution in [0.2, 0.25) is 5.02 Å². The maximum absolute atomic E-state index is 13.4. The van der Waals surface area contributed by atoms with Crippen LogP contribution in [0.25, 0.3) is 11.5 Å². The molecule has 7 heteroatoms. The van der Waals surface area contributed by atoms with Gasteiger partial charge in [0.1, 0.15) is 11.6 Å². The molecule has 2 aromatic carbocycles. The number of ether oxygens (including phenoxy) is 1. The lowest BCUT2D eigenvalue weighted by molar-refractivity contribution is -0.146. The Balaban J connectivity index is 1.45. The van der Waals surface area contributed by atoms with Gasteiger partial charge in [0.2, 0.25) is 0 Å². The summed E-state index contributed by atoms with van der Waals surface area (Å²) < 4.78 is 10.1. The Morgan fingerprint density at radius 1 is 1.03 bits per heavy atom. The third-order valence-electron chi connectivity index (χ3n) is 5.81. The molecular formula is C26H25ClN4O2. The number of carbonyl (C=O) groups excluding carboxylic acids is 1. The Bertz CT molecular complexity index is 1310. The van der Waals surface area contributed by atoms with Gasteiger partial charge in [-0.15, -0.1) is 0 Å². The minimum Gasteiger partial charge on any atom is -0.478 e. The van der Waals surface area contributed by atoms with E-state index in [2.05, 4.69) is 23.6 Å². The highest BCUT2D eigenvalue weighted by Gasteiger charge is 2.39. The molecule has 0 aliphatic carbocycles. The lowest BCUT2D eigenvalue weighted by Gasteiger charge is -2.30. The molecule has 0 fully saturated rings. The van der Waals surface area contributed by atoms with Gasteiger partial charge >= 0.3 is 0 Å². The van der Waals surface area contributed by atoms with Crippen LogP contribution < -0.4 is 4.74 Å². The van der Waals surface area contributed by atoms with Crippen molar-refractivity contribution < 1.29 is 9.53 Å². The van der Waals surface area contributed by atoms with Crippen molar-refractivity contribution in [2.75, 3.05) is 0 Å². The molecule has 33 heavy (non-hydrogen) atoms. The van der Waals surface area contributed by atoms with E-state index in [4.69, 9.17) is 21.4 Å². The number of aryl methyl sites for hydroxylation is 1. The minimum absolute atomic E-state index is 0.0870. The lowest BCUT2D eigenvalue weighted by Crippen LogP contribution is -2.47. The predicted molar refractivity (Wildman–Crippen MR) is 128 cm³/mol. The highest BCUT2D eigenvalue weighted by atomic mass is 35.5. The highest BCUT2D eigenvalue weighted by molar-refractivity contribution is 6.30. The maximum Gasteiger partial charge on any atom is 0.266 e. The summed E-state index contributed by atoms with van der Waals surface area (Å²) in [5, 5.41) is 5.54. The van der Waals surface area contributed by atoms with Crippen molar-refractivity contribution in [3.8, 4) is 17.3 Å². The first-order valence-electron chi connectivity index (χ1n) is 10.9. The molecule has 0 atom stereocenters. The second-order valence-electron chi connectivity index (χ2n) is 8.82. The summed E-state index contributed by atoms with van der Waals surface area (Å²) in [4.78, 5) is 15.2. The number of halogens is 1. The number of hydrogen-bond donors (Lipinski definition) is 0. The van der Waals surface area contributed by atoms with Gasteiger partial charge in [0.25, 0.3) is 5.91 Å². The van der Waals surface area contributed by atoms with Crippen molar-refractivity contribution in [2.45, 2.75) is 39.5 Å². The summed E-state index contributed by atoms with van der Waals surface area (Å²) in [5.74, 6) is 1.47. The van der Waals surface area contributed by atoms with Crippen LogP contribution in [-0.4, -0.2) is 30.8 Å². The SMILES string of the molecule is Cc1cccc(-n2nc3c(c2-n2cccc2)CN(C(=O)C(C)(C)Oc2ccc(Cl)cc2)C3)c1. The van der Waals surface area contributed by atoms with E-state index in [0.29, 0.717) is 23.9 Å². The Labute approximate surface area is 198 Å². The first-order chi connectivity index (χ1) is 15.8. The Kier molecular flexibility index (Phi) is 5.25. The molecule has 0 saturated carbocycles. The van der Waals surface area contributed by atoms with Gasteiger partial charge in [0.05, 0.1) is 24.5 Å². The van der Waals surface area contributed by atoms with E-state index in [9.17, 15) is 4.79 Å².